The Labute approximate surface area is 180 Å². The Balaban J connectivity index is 1.86. The Kier molecular flexibility index (Phi) is 6.13. The maximum absolute atomic E-state index is 14.4. The molecule has 1 saturated heterocycles. The van der Waals surface area contributed by atoms with Gasteiger partial charge in [0, 0.05) is 23.0 Å². The van der Waals surface area contributed by atoms with Crippen molar-refractivity contribution in [3.63, 3.8) is 0 Å². The molecule has 1 aliphatic heterocycles. The van der Waals surface area contributed by atoms with Crippen LogP contribution in [0.5, 0.6) is 5.75 Å². The van der Waals surface area contributed by atoms with E-state index < -0.39 is 32.0 Å². The lowest BCUT2D eigenvalue weighted by Crippen LogP contribution is -2.46. The van der Waals surface area contributed by atoms with Gasteiger partial charge in [-0.05, 0) is 55.7 Å². The second kappa shape index (κ2) is 8.17. The molecule has 0 aliphatic carbocycles. The molecule has 2 aromatic carbocycles. The first-order valence-electron chi connectivity index (χ1n) is 9.40. The van der Waals surface area contributed by atoms with E-state index in [0.717, 1.165) is 25.2 Å². The van der Waals surface area contributed by atoms with Gasteiger partial charge in [0.05, 0.1) is 13.5 Å². The predicted octanol–water partition coefficient (Wildman–Crippen LogP) is 3.47. The van der Waals surface area contributed by atoms with Crippen LogP contribution in [0, 0.1) is 5.82 Å². The number of halogens is 2. The third-order valence-corrected chi connectivity index (χ3v) is 6.87. The van der Waals surface area contributed by atoms with Crippen molar-refractivity contribution in [1.82, 2.24) is 4.90 Å². The highest BCUT2D eigenvalue weighted by atomic mass is 35.5. The fourth-order valence-corrected chi connectivity index (χ4v) is 5.09. The van der Waals surface area contributed by atoms with E-state index in [2.05, 4.69) is 0 Å². The molecule has 162 valence electrons. The first-order valence-corrected chi connectivity index (χ1v) is 11.3. The fraction of sp³-hybridized carbons (Fsp3) is 0.381. The molecule has 1 aliphatic rings. The summed E-state index contributed by atoms with van der Waals surface area (Å²) in [6.45, 7) is 4.52. The normalized spacial score (nSPS) is 18.5. The first kappa shape index (κ1) is 22.5. The number of methoxy groups -OCH3 is 1. The minimum absolute atomic E-state index is 0.117. The summed E-state index contributed by atoms with van der Waals surface area (Å²) in [5.41, 5.74) is 0.832. The van der Waals surface area contributed by atoms with Gasteiger partial charge in [-0.15, -0.1) is 0 Å². The third-order valence-electron chi connectivity index (χ3n) is 5.70. The van der Waals surface area contributed by atoms with Crippen LogP contribution >= 0.6 is 11.6 Å². The summed E-state index contributed by atoms with van der Waals surface area (Å²) in [6.07, 6.45) is 0.625. The number of nitrogens with zero attached hydrogens (tertiary/aromatic N) is 1. The summed E-state index contributed by atoms with van der Waals surface area (Å²) in [5.74, 6) is -1.45. The zero-order chi connectivity index (χ0) is 22.3. The molecule has 1 atom stereocenters. The van der Waals surface area contributed by atoms with Gasteiger partial charge in [-0.3, -0.25) is 4.79 Å². The summed E-state index contributed by atoms with van der Waals surface area (Å²) < 4.78 is 42.8. The number of sulfonamides is 1. The minimum Gasteiger partial charge on any atom is -0.492 e. The van der Waals surface area contributed by atoms with Crippen LogP contribution in [0.1, 0.15) is 37.3 Å². The van der Waals surface area contributed by atoms with E-state index >= 15 is 0 Å². The van der Waals surface area contributed by atoms with E-state index in [0.29, 0.717) is 11.6 Å². The van der Waals surface area contributed by atoms with E-state index in [1.54, 1.807) is 4.90 Å². The number of primary sulfonamides is 1. The number of amides is 1. The molecule has 9 heteroatoms. The number of carbonyl (C=O) groups excluding carboxylic acids is 1. The monoisotopic (exact) mass is 454 g/mol. The molecule has 2 aromatic rings. The number of likely N-dealkylation sites (tertiary alicyclic amines) is 1. The average molecular weight is 455 g/mol. The Morgan fingerprint density at radius 1 is 1.30 bits per heavy atom. The molecule has 0 radical (unpaired) electrons. The summed E-state index contributed by atoms with van der Waals surface area (Å²) in [4.78, 5) is 14.3. The molecule has 1 heterocycles. The number of nitrogens with two attached hydrogens (primary N) is 1. The van der Waals surface area contributed by atoms with Crippen molar-refractivity contribution in [1.29, 1.82) is 0 Å². The van der Waals surface area contributed by atoms with Gasteiger partial charge in [0.1, 0.15) is 4.90 Å². The summed E-state index contributed by atoms with van der Waals surface area (Å²) in [5, 5.41) is 5.83. The average Bonchev–Trinajstić information content (AvgIpc) is 2.96. The highest BCUT2D eigenvalue weighted by molar-refractivity contribution is 7.89. The van der Waals surface area contributed by atoms with Crippen LogP contribution in [0.3, 0.4) is 0 Å². The first-order chi connectivity index (χ1) is 13.9. The number of hydrogen-bond acceptors (Lipinski definition) is 4. The molecule has 0 bridgehead atoms. The van der Waals surface area contributed by atoms with E-state index in [1.165, 1.54) is 6.07 Å². The van der Waals surface area contributed by atoms with Crippen molar-refractivity contribution >= 4 is 27.5 Å². The molecular formula is C21H24ClFN2O4S. The van der Waals surface area contributed by atoms with Crippen LogP contribution in [0.4, 0.5) is 4.39 Å². The van der Waals surface area contributed by atoms with Crippen LogP contribution < -0.4 is 9.88 Å². The lowest BCUT2D eigenvalue weighted by Gasteiger charge is -2.36. The highest BCUT2D eigenvalue weighted by Crippen LogP contribution is 2.42. The van der Waals surface area contributed by atoms with Gasteiger partial charge >= 0.3 is 0 Å². The molecule has 0 aromatic heterocycles. The van der Waals surface area contributed by atoms with Crippen LogP contribution in [0.25, 0.3) is 0 Å². The molecule has 1 amide bonds. The van der Waals surface area contributed by atoms with Crippen LogP contribution in [-0.2, 0) is 21.2 Å². The van der Waals surface area contributed by atoms with E-state index in [9.17, 15) is 17.6 Å². The Bertz CT molecular complexity index is 1070. The topological polar surface area (TPSA) is 89.7 Å². The fourth-order valence-electron chi connectivity index (χ4n) is 4.21. The van der Waals surface area contributed by atoms with Gasteiger partial charge in [-0.25, -0.2) is 17.9 Å². The van der Waals surface area contributed by atoms with Crippen molar-refractivity contribution in [3.8, 4) is 5.75 Å². The van der Waals surface area contributed by atoms with E-state index in [1.807, 2.05) is 38.1 Å². The SMILES string of the molecule is COc1c(F)cc(CC(=O)N2CCC(c3ccc(Cl)cc3)C2(C)C)cc1S(N)(=O)=O. The standard InChI is InChI=1S/C21H24ClFN2O4S/c1-21(2)16(14-4-6-15(22)7-5-14)8-9-25(21)19(26)12-13-10-17(23)20(29-3)18(11-13)30(24,27)28/h4-7,10-11,16H,8-9,12H2,1-3H3,(H2,24,27,28). The zero-order valence-electron chi connectivity index (χ0n) is 17.0. The number of ether oxygens (including phenoxy) is 1. The van der Waals surface area contributed by atoms with Gasteiger partial charge in [0.25, 0.3) is 0 Å². The largest absolute Gasteiger partial charge is 0.492 e. The van der Waals surface area contributed by atoms with E-state index in [-0.39, 0.29) is 23.8 Å². The molecule has 3 rings (SSSR count). The van der Waals surface area contributed by atoms with Crippen molar-refractivity contribution in [2.45, 2.75) is 43.0 Å². The maximum atomic E-state index is 14.4. The Morgan fingerprint density at radius 3 is 2.50 bits per heavy atom. The summed E-state index contributed by atoms with van der Waals surface area (Å²) in [6, 6.07) is 9.86. The van der Waals surface area contributed by atoms with Gasteiger partial charge in [0.2, 0.25) is 15.9 Å². The number of rotatable bonds is 5. The van der Waals surface area contributed by atoms with Crippen molar-refractivity contribution in [2.24, 2.45) is 5.14 Å². The van der Waals surface area contributed by atoms with Crippen LogP contribution in [0.15, 0.2) is 41.3 Å². The van der Waals surface area contributed by atoms with Gasteiger partial charge in [0.15, 0.2) is 11.6 Å². The smallest absolute Gasteiger partial charge is 0.241 e. The second-order valence-corrected chi connectivity index (χ2v) is 9.89. The Hall–Kier alpha value is -2.16. The molecule has 1 unspecified atom stereocenters. The molecule has 6 nitrogen and oxygen atoms in total. The van der Waals surface area contributed by atoms with Crippen LogP contribution in [0.2, 0.25) is 5.02 Å². The molecule has 2 N–H and O–H groups in total. The quantitative estimate of drug-likeness (QED) is 0.749. The molecule has 30 heavy (non-hydrogen) atoms. The van der Waals surface area contributed by atoms with E-state index in [4.69, 9.17) is 21.5 Å². The third kappa shape index (κ3) is 4.31. The van der Waals surface area contributed by atoms with Gasteiger partial charge < -0.3 is 9.64 Å². The molecule has 0 spiro atoms. The van der Waals surface area contributed by atoms with Crippen molar-refractivity contribution < 1.29 is 22.3 Å². The summed E-state index contributed by atoms with van der Waals surface area (Å²) >= 11 is 5.98. The number of carbonyl (C=O) groups is 1. The lowest BCUT2D eigenvalue weighted by molar-refractivity contribution is -0.133. The van der Waals surface area contributed by atoms with Crippen molar-refractivity contribution in [3.05, 3.63) is 58.4 Å². The molecular weight excluding hydrogens is 431 g/mol. The van der Waals surface area contributed by atoms with Gasteiger partial charge in [-0.2, -0.15) is 0 Å². The zero-order valence-corrected chi connectivity index (χ0v) is 18.6. The predicted molar refractivity (Wildman–Crippen MR) is 113 cm³/mol. The van der Waals surface area contributed by atoms with Gasteiger partial charge in [-0.1, -0.05) is 23.7 Å². The Morgan fingerprint density at radius 2 is 1.93 bits per heavy atom. The molecule has 1 fully saturated rings. The highest BCUT2D eigenvalue weighted by Gasteiger charge is 2.44. The second-order valence-electron chi connectivity index (χ2n) is 7.92. The van der Waals surface area contributed by atoms with Crippen LogP contribution in [-0.4, -0.2) is 38.4 Å². The molecule has 0 saturated carbocycles. The number of benzene rings is 2. The minimum atomic E-state index is -4.22. The summed E-state index contributed by atoms with van der Waals surface area (Å²) in [7, 11) is -3.06. The number of hydrogen-bond donors (Lipinski definition) is 1. The lowest BCUT2D eigenvalue weighted by atomic mass is 9.82. The van der Waals surface area contributed by atoms with Crippen molar-refractivity contribution in [2.75, 3.05) is 13.7 Å². The maximum Gasteiger partial charge on any atom is 0.241 e.